The minimum absolute atomic E-state index is 0.0835. The third kappa shape index (κ3) is 4.77. The molecule has 6 heteroatoms. The Morgan fingerprint density at radius 2 is 1.65 bits per heavy atom. The van der Waals surface area contributed by atoms with Gasteiger partial charge in [-0.2, -0.15) is 0 Å². The average molecular weight is 338 g/mol. The van der Waals surface area contributed by atoms with Crippen molar-refractivity contribution < 1.29 is 22.9 Å². The molecule has 0 aliphatic heterocycles. The van der Waals surface area contributed by atoms with Gasteiger partial charge in [0.2, 0.25) is 0 Å². The summed E-state index contributed by atoms with van der Waals surface area (Å²) in [4.78, 5) is 12.7. The first-order valence-corrected chi connectivity index (χ1v) is 9.46. The molecule has 0 fully saturated rings. The molecule has 23 heavy (non-hydrogen) atoms. The molecule has 0 radical (unpaired) electrons. The lowest BCUT2D eigenvalue weighted by Gasteiger charge is -2.24. The number of carbonyl (C=O) groups is 1. The maximum atomic E-state index is 12.7. The van der Waals surface area contributed by atoms with Crippen molar-refractivity contribution in [3.63, 3.8) is 0 Å². The van der Waals surface area contributed by atoms with Gasteiger partial charge in [-0.15, -0.1) is 0 Å². The monoisotopic (exact) mass is 338 g/mol. The molecule has 0 saturated carbocycles. The largest absolute Gasteiger partial charge is 0.529 e. The minimum atomic E-state index is -3.67. The van der Waals surface area contributed by atoms with Gasteiger partial charge in [0.25, 0.3) is 0 Å². The maximum absolute atomic E-state index is 12.7. The highest BCUT2D eigenvalue weighted by Crippen LogP contribution is 2.53. The summed E-state index contributed by atoms with van der Waals surface area (Å²) in [6.45, 7) is 3.87. The van der Waals surface area contributed by atoms with E-state index in [1.807, 2.05) is 18.2 Å². The number of ketones is 1. The molecule has 0 saturated heterocycles. The lowest BCUT2D eigenvalue weighted by atomic mass is 9.92. The van der Waals surface area contributed by atoms with E-state index in [0.717, 1.165) is 12.8 Å². The number of phosphoric acid groups is 1. The number of phosphoric ester groups is 1. The molecule has 0 N–H and O–H groups in total. The Balaban J connectivity index is 2.29. The van der Waals surface area contributed by atoms with E-state index >= 15 is 0 Å². The van der Waals surface area contributed by atoms with Crippen LogP contribution in [0, 0.1) is 0 Å². The maximum Gasteiger partial charge on any atom is 0.529 e. The van der Waals surface area contributed by atoms with Crippen LogP contribution < -0.4 is 0 Å². The van der Waals surface area contributed by atoms with E-state index in [1.165, 1.54) is 0 Å². The van der Waals surface area contributed by atoms with Crippen molar-refractivity contribution in [3.05, 3.63) is 47.2 Å². The molecule has 0 heterocycles. The Labute approximate surface area is 137 Å². The first kappa shape index (κ1) is 17.9. The van der Waals surface area contributed by atoms with Crippen LogP contribution in [0.3, 0.4) is 0 Å². The van der Waals surface area contributed by atoms with Gasteiger partial charge >= 0.3 is 7.82 Å². The van der Waals surface area contributed by atoms with Crippen LogP contribution in [-0.4, -0.2) is 19.0 Å². The number of allylic oxidation sites excluding steroid dienone is 2. The summed E-state index contributed by atoms with van der Waals surface area (Å²) in [5, 5.41) is 0. The third-order valence-corrected chi connectivity index (χ3v) is 5.12. The number of Topliss-reactive ketones (excluding diaryl/α,β-unsaturated/α-hetero) is 1. The first-order valence-electron chi connectivity index (χ1n) is 8.00. The lowest BCUT2D eigenvalue weighted by molar-refractivity contribution is 0.101. The fraction of sp³-hybridized carbons (Fsp3) is 0.471. The van der Waals surface area contributed by atoms with Crippen molar-refractivity contribution in [1.29, 1.82) is 0 Å². The van der Waals surface area contributed by atoms with Crippen molar-refractivity contribution in [2.45, 2.75) is 39.5 Å². The van der Waals surface area contributed by atoms with Crippen LogP contribution in [0.5, 0.6) is 0 Å². The minimum Gasteiger partial charge on any atom is -0.408 e. The molecule has 0 bridgehead atoms. The van der Waals surface area contributed by atoms with Gasteiger partial charge in [0.15, 0.2) is 5.78 Å². The zero-order valence-electron chi connectivity index (χ0n) is 13.6. The van der Waals surface area contributed by atoms with E-state index in [0.29, 0.717) is 29.7 Å². The van der Waals surface area contributed by atoms with Gasteiger partial charge in [0.1, 0.15) is 5.76 Å². The van der Waals surface area contributed by atoms with Crippen molar-refractivity contribution in [2.24, 2.45) is 0 Å². The molecule has 1 aliphatic carbocycles. The Morgan fingerprint density at radius 3 is 2.26 bits per heavy atom. The highest BCUT2D eigenvalue weighted by atomic mass is 31.2. The predicted octanol–water partition coefficient (Wildman–Crippen LogP) is 4.90. The average Bonchev–Trinajstić information content (AvgIpc) is 2.56. The standard InChI is InChI=1S/C17H23O5P/c1-3-20-23(19,21-4-2)22-16-13-9-8-12-15(16)17(18)14-10-6-5-7-11-14/h5-7,10-11H,3-4,8-9,12-13H2,1-2H3. The smallest absolute Gasteiger partial charge is 0.408 e. The van der Waals surface area contributed by atoms with E-state index in [-0.39, 0.29) is 19.0 Å². The van der Waals surface area contributed by atoms with Gasteiger partial charge in [-0.3, -0.25) is 13.8 Å². The number of hydrogen-bond donors (Lipinski definition) is 0. The predicted molar refractivity (Wildman–Crippen MR) is 88.2 cm³/mol. The van der Waals surface area contributed by atoms with Gasteiger partial charge < -0.3 is 4.52 Å². The second kappa shape index (κ2) is 8.44. The quantitative estimate of drug-likeness (QED) is 0.498. The molecular weight excluding hydrogens is 315 g/mol. The van der Waals surface area contributed by atoms with Gasteiger partial charge in [0.05, 0.1) is 13.2 Å². The summed E-state index contributed by atoms with van der Waals surface area (Å²) >= 11 is 0. The van der Waals surface area contributed by atoms with E-state index < -0.39 is 7.82 Å². The number of benzene rings is 1. The Morgan fingerprint density at radius 1 is 1.04 bits per heavy atom. The van der Waals surface area contributed by atoms with Crippen LogP contribution in [0.1, 0.15) is 49.9 Å². The summed E-state index contributed by atoms with van der Waals surface area (Å²) in [6.07, 6.45) is 2.98. The normalized spacial score (nSPS) is 15.6. The van der Waals surface area contributed by atoms with Crippen molar-refractivity contribution >= 4 is 13.6 Å². The topological polar surface area (TPSA) is 61.8 Å². The number of hydrogen-bond acceptors (Lipinski definition) is 5. The van der Waals surface area contributed by atoms with Crippen molar-refractivity contribution in [3.8, 4) is 0 Å². The lowest BCUT2D eigenvalue weighted by Crippen LogP contribution is -2.13. The van der Waals surface area contributed by atoms with E-state index in [2.05, 4.69) is 0 Å². The molecule has 1 aliphatic rings. The molecule has 0 unspecified atom stereocenters. The molecule has 0 amide bonds. The van der Waals surface area contributed by atoms with Crippen LogP contribution in [0.25, 0.3) is 0 Å². The van der Waals surface area contributed by atoms with Gasteiger partial charge in [-0.05, 0) is 33.1 Å². The molecule has 1 aromatic carbocycles. The summed E-state index contributed by atoms with van der Waals surface area (Å²) in [7, 11) is -3.67. The molecule has 0 spiro atoms. The van der Waals surface area contributed by atoms with Crippen molar-refractivity contribution in [1.82, 2.24) is 0 Å². The fourth-order valence-corrected chi connectivity index (χ4v) is 3.81. The van der Waals surface area contributed by atoms with Gasteiger partial charge in [-0.1, -0.05) is 30.3 Å². The van der Waals surface area contributed by atoms with E-state index in [9.17, 15) is 9.36 Å². The van der Waals surface area contributed by atoms with Crippen LogP contribution in [0.4, 0.5) is 0 Å². The second-order valence-corrected chi connectivity index (χ2v) is 6.77. The van der Waals surface area contributed by atoms with Crippen LogP contribution in [0.15, 0.2) is 41.7 Å². The van der Waals surface area contributed by atoms with Crippen LogP contribution in [-0.2, 0) is 18.1 Å². The number of rotatable bonds is 8. The fourth-order valence-electron chi connectivity index (χ4n) is 2.52. The Kier molecular flexibility index (Phi) is 6.58. The first-order chi connectivity index (χ1) is 11.1. The summed E-state index contributed by atoms with van der Waals surface area (Å²) in [5.74, 6) is 0.357. The zero-order chi connectivity index (χ0) is 16.7. The molecule has 2 rings (SSSR count). The second-order valence-electron chi connectivity index (χ2n) is 5.18. The van der Waals surface area contributed by atoms with E-state index in [4.69, 9.17) is 13.6 Å². The summed E-state index contributed by atoms with van der Waals surface area (Å²) in [5.41, 5.74) is 1.18. The Bertz CT molecular complexity index is 599. The molecule has 0 atom stereocenters. The van der Waals surface area contributed by atoms with Crippen molar-refractivity contribution in [2.75, 3.05) is 13.2 Å². The summed E-state index contributed by atoms with van der Waals surface area (Å²) in [6, 6.07) is 9.05. The third-order valence-electron chi connectivity index (χ3n) is 3.52. The molecule has 5 nitrogen and oxygen atoms in total. The van der Waals surface area contributed by atoms with Crippen LogP contribution in [0.2, 0.25) is 0 Å². The summed E-state index contributed by atoms with van der Waals surface area (Å²) < 4.78 is 28.5. The molecular formula is C17H23O5P. The Hall–Kier alpha value is -1.42. The van der Waals surface area contributed by atoms with E-state index in [1.54, 1.807) is 26.0 Å². The van der Waals surface area contributed by atoms with Crippen LogP contribution >= 0.6 is 7.82 Å². The van der Waals surface area contributed by atoms with Gasteiger partial charge in [0, 0.05) is 17.6 Å². The molecule has 126 valence electrons. The highest BCUT2D eigenvalue weighted by Gasteiger charge is 2.32. The highest BCUT2D eigenvalue weighted by molar-refractivity contribution is 7.48. The molecule has 1 aromatic rings. The SMILES string of the molecule is CCOP(=O)(OCC)OC1=C(C(=O)c2ccccc2)CCCC1. The molecule has 0 aromatic heterocycles. The van der Waals surface area contributed by atoms with Gasteiger partial charge in [-0.25, -0.2) is 4.57 Å². The number of carbonyl (C=O) groups excluding carboxylic acids is 1. The zero-order valence-corrected chi connectivity index (χ0v) is 14.5.